The summed E-state index contributed by atoms with van der Waals surface area (Å²) in [4.78, 5) is 11.7. The Hall–Kier alpha value is -1.37. The van der Waals surface area contributed by atoms with Crippen molar-refractivity contribution in [2.24, 2.45) is 11.7 Å². The van der Waals surface area contributed by atoms with E-state index in [0.717, 1.165) is 16.7 Å². The number of hydrogen-bond acceptors (Lipinski definition) is 5. The van der Waals surface area contributed by atoms with Crippen LogP contribution in [0.4, 0.5) is 13.2 Å². The van der Waals surface area contributed by atoms with Crippen LogP contribution < -0.4 is 11.1 Å². The van der Waals surface area contributed by atoms with Crippen LogP contribution in [-0.2, 0) is 21.4 Å². The molecule has 1 atom stereocenters. The molecule has 1 amide bonds. The molecule has 26 heavy (non-hydrogen) atoms. The van der Waals surface area contributed by atoms with Crippen LogP contribution in [0.5, 0.6) is 0 Å². The number of rotatable bonds is 6. The third-order valence-corrected chi connectivity index (χ3v) is 5.61. The molecule has 1 aliphatic rings. The van der Waals surface area contributed by atoms with Crippen molar-refractivity contribution in [3.63, 3.8) is 0 Å². The Balaban J connectivity index is 0.00000338. The Labute approximate surface area is 155 Å². The normalized spacial score (nSPS) is 19.0. The third kappa shape index (κ3) is 5.83. The van der Waals surface area contributed by atoms with E-state index in [2.05, 4.69) is 10.4 Å². The fourth-order valence-electron chi connectivity index (χ4n) is 2.61. The van der Waals surface area contributed by atoms with Crippen molar-refractivity contribution in [2.75, 3.05) is 26.2 Å². The number of aromatic nitrogens is 2. The maximum atomic E-state index is 12.6. The molecule has 2 heterocycles. The number of alkyl halides is 3. The molecule has 0 radical (unpaired) electrons. The predicted molar refractivity (Wildman–Crippen MR) is 89.1 cm³/mol. The van der Waals surface area contributed by atoms with Gasteiger partial charge in [0, 0.05) is 32.4 Å². The van der Waals surface area contributed by atoms with E-state index in [1.54, 1.807) is 0 Å². The molecule has 2 rings (SSSR count). The molecule has 1 aromatic heterocycles. The van der Waals surface area contributed by atoms with Gasteiger partial charge in [0.2, 0.25) is 15.9 Å². The first-order chi connectivity index (χ1) is 11.6. The summed E-state index contributed by atoms with van der Waals surface area (Å²) in [5.41, 5.74) is 5.31. The van der Waals surface area contributed by atoms with Crippen molar-refractivity contribution < 1.29 is 26.4 Å². The van der Waals surface area contributed by atoms with E-state index in [1.807, 2.05) is 0 Å². The van der Waals surface area contributed by atoms with Gasteiger partial charge in [0.25, 0.3) is 0 Å². The highest BCUT2D eigenvalue weighted by molar-refractivity contribution is 7.89. The number of amides is 1. The van der Waals surface area contributed by atoms with Gasteiger partial charge in [-0.15, -0.1) is 12.4 Å². The predicted octanol–water partition coefficient (Wildman–Crippen LogP) is 0.343. The minimum absolute atomic E-state index is 0. The summed E-state index contributed by atoms with van der Waals surface area (Å²) in [6, 6.07) is 0. The van der Waals surface area contributed by atoms with E-state index in [0.29, 0.717) is 24.1 Å². The van der Waals surface area contributed by atoms with Gasteiger partial charge in [-0.1, -0.05) is 0 Å². The maximum absolute atomic E-state index is 12.6. The van der Waals surface area contributed by atoms with E-state index >= 15 is 0 Å². The lowest BCUT2D eigenvalue weighted by Crippen LogP contribution is -2.46. The zero-order valence-corrected chi connectivity index (χ0v) is 15.4. The molecule has 1 aliphatic heterocycles. The Bertz CT molecular complexity index is 710. The largest absolute Gasteiger partial charge is 0.408 e. The highest BCUT2D eigenvalue weighted by Gasteiger charge is 2.35. The van der Waals surface area contributed by atoms with Crippen molar-refractivity contribution in [3.8, 4) is 0 Å². The molecule has 150 valence electrons. The van der Waals surface area contributed by atoms with Gasteiger partial charge >= 0.3 is 6.18 Å². The van der Waals surface area contributed by atoms with Crippen LogP contribution in [0, 0.1) is 5.92 Å². The summed E-state index contributed by atoms with van der Waals surface area (Å²) in [6.45, 7) is -0.617. The van der Waals surface area contributed by atoms with Crippen molar-refractivity contribution in [1.29, 1.82) is 0 Å². The standard InChI is InChI=1S/C13H20F3N5O3S.ClH/c14-13(15,16)9-20-8-11(6-19-20)25(23,24)21-5-1-2-10(7-21)12(22)18-4-3-17;/h6,8,10H,1-5,7,9,17H2,(H,18,22);1H. The Kier molecular flexibility index (Phi) is 7.86. The van der Waals surface area contributed by atoms with Gasteiger partial charge in [-0.2, -0.15) is 22.6 Å². The van der Waals surface area contributed by atoms with Crippen LogP contribution in [0.2, 0.25) is 0 Å². The van der Waals surface area contributed by atoms with Crippen molar-refractivity contribution in [2.45, 2.75) is 30.5 Å². The number of sulfonamides is 1. The average Bonchev–Trinajstić information content (AvgIpc) is 3.00. The van der Waals surface area contributed by atoms with Crippen molar-refractivity contribution in [1.82, 2.24) is 19.4 Å². The molecular weight excluding hydrogens is 399 g/mol. The van der Waals surface area contributed by atoms with Crippen molar-refractivity contribution in [3.05, 3.63) is 12.4 Å². The minimum atomic E-state index is -4.50. The quantitative estimate of drug-likeness (QED) is 0.691. The highest BCUT2D eigenvalue weighted by atomic mass is 35.5. The second-order valence-corrected chi connectivity index (χ2v) is 7.71. The Morgan fingerprint density at radius 1 is 1.42 bits per heavy atom. The van der Waals surface area contributed by atoms with Crippen LogP contribution >= 0.6 is 12.4 Å². The second kappa shape index (κ2) is 9.02. The van der Waals surface area contributed by atoms with Crippen molar-refractivity contribution >= 4 is 28.3 Å². The van der Waals surface area contributed by atoms with Gasteiger partial charge in [0.1, 0.15) is 11.4 Å². The summed E-state index contributed by atoms with van der Waals surface area (Å²) >= 11 is 0. The first-order valence-electron chi connectivity index (χ1n) is 7.70. The first kappa shape index (κ1) is 22.7. The molecular formula is C13H21ClF3N5O3S. The molecule has 0 bridgehead atoms. The Morgan fingerprint density at radius 3 is 2.73 bits per heavy atom. The fourth-order valence-corrected chi connectivity index (χ4v) is 4.09. The van der Waals surface area contributed by atoms with E-state index in [4.69, 9.17) is 5.73 Å². The number of nitrogens with two attached hydrogens (primary N) is 1. The highest BCUT2D eigenvalue weighted by Crippen LogP contribution is 2.24. The van der Waals surface area contributed by atoms with E-state index in [9.17, 15) is 26.4 Å². The number of piperidine rings is 1. The SMILES string of the molecule is Cl.NCCNC(=O)C1CCCN(S(=O)(=O)c2cnn(CC(F)(F)F)c2)C1. The zero-order chi connectivity index (χ0) is 18.7. The van der Waals surface area contributed by atoms with Gasteiger partial charge in [0.05, 0.1) is 12.1 Å². The van der Waals surface area contributed by atoms with Crippen LogP contribution in [0.15, 0.2) is 17.3 Å². The fraction of sp³-hybridized carbons (Fsp3) is 0.692. The Morgan fingerprint density at radius 2 is 2.12 bits per heavy atom. The van der Waals surface area contributed by atoms with Gasteiger partial charge < -0.3 is 11.1 Å². The van der Waals surface area contributed by atoms with Crippen LogP contribution in [0.3, 0.4) is 0 Å². The van der Waals surface area contributed by atoms with Crippen LogP contribution in [-0.4, -0.2) is 60.8 Å². The summed E-state index contributed by atoms with van der Waals surface area (Å²) in [7, 11) is -4.01. The molecule has 13 heteroatoms. The van der Waals surface area contributed by atoms with Gasteiger partial charge in [0.15, 0.2) is 0 Å². The number of nitrogens with one attached hydrogen (secondary N) is 1. The van der Waals surface area contributed by atoms with Crippen LogP contribution in [0.1, 0.15) is 12.8 Å². The number of carbonyl (C=O) groups excluding carboxylic acids is 1. The maximum Gasteiger partial charge on any atom is 0.408 e. The molecule has 1 aromatic rings. The molecule has 3 N–H and O–H groups in total. The van der Waals surface area contributed by atoms with E-state index < -0.39 is 28.7 Å². The molecule has 1 unspecified atom stereocenters. The summed E-state index contributed by atoms with van der Waals surface area (Å²) < 4.78 is 63.9. The number of nitrogens with zero attached hydrogens (tertiary/aromatic N) is 3. The van der Waals surface area contributed by atoms with Gasteiger partial charge in [-0.3, -0.25) is 9.48 Å². The lowest BCUT2D eigenvalue weighted by atomic mass is 9.99. The molecule has 1 fully saturated rings. The molecule has 0 spiro atoms. The minimum Gasteiger partial charge on any atom is -0.355 e. The monoisotopic (exact) mass is 419 g/mol. The lowest BCUT2D eigenvalue weighted by molar-refractivity contribution is -0.142. The van der Waals surface area contributed by atoms with Gasteiger partial charge in [-0.05, 0) is 12.8 Å². The second-order valence-electron chi connectivity index (χ2n) is 5.77. The van der Waals surface area contributed by atoms with Gasteiger partial charge in [-0.25, -0.2) is 8.42 Å². The average molecular weight is 420 g/mol. The molecule has 8 nitrogen and oxygen atoms in total. The van der Waals surface area contributed by atoms with E-state index in [1.165, 1.54) is 0 Å². The zero-order valence-electron chi connectivity index (χ0n) is 13.8. The van der Waals surface area contributed by atoms with Crippen LogP contribution in [0.25, 0.3) is 0 Å². The lowest BCUT2D eigenvalue weighted by Gasteiger charge is -2.30. The summed E-state index contributed by atoms with van der Waals surface area (Å²) in [5.74, 6) is -0.793. The third-order valence-electron chi connectivity index (χ3n) is 3.79. The van der Waals surface area contributed by atoms with E-state index in [-0.39, 0.29) is 42.8 Å². The smallest absolute Gasteiger partial charge is 0.355 e. The molecule has 0 saturated carbocycles. The molecule has 1 saturated heterocycles. The number of carbonyl (C=O) groups is 1. The summed E-state index contributed by atoms with van der Waals surface area (Å²) in [5, 5.41) is 6.07. The summed E-state index contributed by atoms with van der Waals surface area (Å²) in [6.07, 6.45) is -1.74. The molecule has 0 aromatic carbocycles. The number of halogens is 4. The number of hydrogen-bond donors (Lipinski definition) is 2. The molecule has 0 aliphatic carbocycles. The topological polar surface area (TPSA) is 110 Å². The first-order valence-corrected chi connectivity index (χ1v) is 9.14.